The first kappa shape index (κ1) is 14.8. The number of carbonyl (C=O) groups excluding carboxylic acids is 1. The summed E-state index contributed by atoms with van der Waals surface area (Å²) in [4.78, 5) is 22.7. The van der Waals surface area contributed by atoms with Crippen molar-refractivity contribution in [1.82, 2.24) is 0 Å². The van der Waals surface area contributed by atoms with Gasteiger partial charge in [-0.1, -0.05) is 6.07 Å². The summed E-state index contributed by atoms with van der Waals surface area (Å²) in [7, 11) is 0. The molecule has 5 nitrogen and oxygen atoms in total. The van der Waals surface area contributed by atoms with Crippen molar-refractivity contribution in [3.05, 3.63) is 45.8 Å². The Kier molecular flexibility index (Phi) is 4.59. The molecule has 2 rings (SSSR count). The van der Waals surface area contributed by atoms with Gasteiger partial charge in [0.1, 0.15) is 18.0 Å². The molecule has 6 heteroatoms. The first-order chi connectivity index (χ1) is 9.58. The molecule has 0 bridgehead atoms. The zero-order valence-electron chi connectivity index (χ0n) is 10.5. The Hall–Kier alpha value is -1.63. The number of aldehydes is 1. The Morgan fingerprint density at radius 1 is 1.35 bits per heavy atom. The highest BCUT2D eigenvalue weighted by molar-refractivity contribution is 7.80. The lowest BCUT2D eigenvalue weighted by Crippen LogP contribution is -2.19. The average Bonchev–Trinajstić information content (AvgIpc) is 2.47. The number of fused-ring (bicyclic) bond motifs is 1. The van der Waals surface area contributed by atoms with Crippen LogP contribution in [0.4, 0.5) is 0 Å². The number of aliphatic hydroxyl groups excluding tert-OH is 2. The van der Waals surface area contributed by atoms with Crippen LogP contribution in [0.25, 0.3) is 11.0 Å². The largest absolute Gasteiger partial charge is 0.463 e. The van der Waals surface area contributed by atoms with Crippen molar-refractivity contribution in [3.63, 3.8) is 0 Å². The fraction of sp³-hybridized carbons (Fsp3) is 0.286. The van der Waals surface area contributed by atoms with Gasteiger partial charge in [0.05, 0.1) is 17.1 Å². The van der Waals surface area contributed by atoms with E-state index in [0.29, 0.717) is 29.6 Å². The average molecular weight is 294 g/mol. The van der Waals surface area contributed by atoms with E-state index in [1.165, 1.54) is 12.1 Å². The summed E-state index contributed by atoms with van der Waals surface area (Å²) < 4.78 is 5.17. The molecule has 0 saturated heterocycles. The molecule has 106 valence electrons. The third kappa shape index (κ3) is 2.77. The first-order valence-electron chi connectivity index (χ1n) is 6.06. The van der Waals surface area contributed by atoms with E-state index < -0.39 is 17.6 Å². The minimum absolute atomic E-state index is 0.0833. The maximum Gasteiger partial charge on any atom is 0.203 e. The van der Waals surface area contributed by atoms with Crippen molar-refractivity contribution in [3.8, 4) is 0 Å². The molecule has 0 amide bonds. The number of aliphatic hydroxyl groups is 2. The van der Waals surface area contributed by atoms with E-state index in [-0.39, 0.29) is 10.9 Å². The van der Waals surface area contributed by atoms with Crippen LogP contribution < -0.4 is 5.43 Å². The minimum Gasteiger partial charge on any atom is -0.463 e. The van der Waals surface area contributed by atoms with Gasteiger partial charge in [-0.2, -0.15) is 12.6 Å². The lowest BCUT2D eigenvalue weighted by Gasteiger charge is -2.17. The molecular weight excluding hydrogens is 280 g/mol. The number of carbonyl (C=O) groups is 1. The lowest BCUT2D eigenvalue weighted by atomic mass is 10.0. The van der Waals surface area contributed by atoms with Gasteiger partial charge < -0.3 is 14.6 Å². The molecule has 0 fully saturated rings. The summed E-state index contributed by atoms with van der Waals surface area (Å²) in [6.07, 6.45) is -0.240. The number of benzene rings is 1. The van der Waals surface area contributed by atoms with Crippen molar-refractivity contribution in [2.75, 3.05) is 5.75 Å². The molecule has 0 spiro atoms. The Morgan fingerprint density at radius 3 is 2.75 bits per heavy atom. The molecule has 2 N–H and O–H groups in total. The highest BCUT2D eigenvalue weighted by Gasteiger charge is 2.19. The predicted octanol–water partition coefficient (Wildman–Crippen LogP) is 1.32. The summed E-state index contributed by atoms with van der Waals surface area (Å²) in [5.41, 5.74) is 0.168. The van der Waals surface area contributed by atoms with Crippen LogP contribution in [-0.4, -0.2) is 28.4 Å². The lowest BCUT2D eigenvalue weighted by molar-refractivity contribution is 0.0173. The van der Waals surface area contributed by atoms with Crippen molar-refractivity contribution < 1.29 is 19.4 Å². The van der Waals surface area contributed by atoms with Gasteiger partial charge in [-0.05, 0) is 29.9 Å². The molecule has 20 heavy (non-hydrogen) atoms. The van der Waals surface area contributed by atoms with Gasteiger partial charge in [0, 0.05) is 0 Å². The monoisotopic (exact) mass is 294 g/mol. The van der Waals surface area contributed by atoms with Gasteiger partial charge in [0.25, 0.3) is 0 Å². The Morgan fingerprint density at radius 2 is 2.10 bits per heavy atom. The SMILES string of the molecule is O=Cc1coc2ccc(C(O)C(O)CCS)cc2c1=O. The molecule has 2 aromatic rings. The van der Waals surface area contributed by atoms with Gasteiger partial charge in [0.2, 0.25) is 5.43 Å². The van der Waals surface area contributed by atoms with Crippen LogP contribution in [0, 0.1) is 0 Å². The van der Waals surface area contributed by atoms with Crippen molar-refractivity contribution >= 4 is 29.9 Å². The topological polar surface area (TPSA) is 87.7 Å². The van der Waals surface area contributed by atoms with E-state index in [1.54, 1.807) is 6.07 Å². The van der Waals surface area contributed by atoms with Crippen LogP contribution in [0.5, 0.6) is 0 Å². The van der Waals surface area contributed by atoms with Crippen LogP contribution in [0.3, 0.4) is 0 Å². The number of rotatable bonds is 5. The Bertz CT molecular complexity index is 679. The minimum atomic E-state index is -1.12. The highest BCUT2D eigenvalue weighted by atomic mass is 32.1. The third-order valence-corrected chi connectivity index (χ3v) is 3.34. The standard InChI is InChI=1S/C14H14O5S/c15-6-9-7-19-12-2-1-8(5-10(12)13(9)17)14(18)11(16)3-4-20/h1-2,5-7,11,14,16,18,20H,3-4H2. The Labute approximate surface area is 120 Å². The molecule has 0 aliphatic heterocycles. The highest BCUT2D eigenvalue weighted by Crippen LogP contribution is 2.22. The van der Waals surface area contributed by atoms with Crippen LogP contribution in [0.1, 0.15) is 28.4 Å². The molecule has 2 atom stereocenters. The zero-order valence-corrected chi connectivity index (χ0v) is 11.4. The van der Waals surface area contributed by atoms with Gasteiger partial charge in [-0.15, -0.1) is 0 Å². The van der Waals surface area contributed by atoms with E-state index >= 15 is 0 Å². The maximum atomic E-state index is 12.0. The predicted molar refractivity (Wildman–Crippen MR) is 77.3 cm³/mol. The van der Waals surface area contributed by atoms with E-state index in [9.17, 15) is 19.8 Å². The number of hydrogen-bond acceptors (Lipinski definition) is 6. The van der Waals surface area contributed by atoms with E-state index in [2.05, 4.69) is 12.6 Å². The quantitative estimate of drug-likeness (QED) is 0.572. The van der Waals surface area contributed by atoms with Gasteiger partial charge in [-0.25, -0.2) is 0 Å². The molecule has 1 aromatic carbocycles. The van der Waals surface area contributed by atoms with Crippen molar-refractivity contribution in [2.45, 2.75) is 18.6 Å². The van der Waals surface area contributed by atoms with Crippen molar-refractivity contribution in [1.29, 1.82) is 0 Å². The fourth-order valence-electron chi connectivity index (χ4n) is 1.94. The zero-order chi connectivity index (χ0) is 14.7. The summed E-state index contributed by atoms with van der Waals surface area (Å²) in [5, 5.41) is 20.0. The normalized spacial score (nSPS) is 14.2. The van der Waals surface area contributed by atoms with Crippen LogP contribution in [0.15, 0.2) is 33.7 Å². The van der Waals surface area contributed by atoms with Crippen LogP contribution in [0.2, 0.25) is 0 Å². The third-order valence-electron chi connectivity index (χ3n) is 3.08. The van der Waals surface area contributed by atoms with Crippen LogP contribution in [-0.2, 0) is 0 Å². The molecule has 0 aliphatic rings. The van der Waals surface area contributed by atoms with Gasteiger partial charge in [-0.3, -0.25) is 9.59 Å². The van der Waals surface area contributed by atoms with Gasteiger partial charge >= 0.3 is 0 Å². The molecule has 1 aromatic heterocycles. The molecule has 0 aliphatic carbocycles. The van der Waals surface area contributed by atoms with Crippen molar-refractivity contribution in [2.24, 2.45) is 0 Å². The summed E-state index contributed by atoms with van der Waals surface area (Å²) in [6.45, 7) is 0. The number of hydrogen-bond donors (Lipinski definition) is 3. The number of thiol groups is 1. The van der Waals surface area contributed by atoms with Gasteiger partial charge in [0.15, 0.2) is 6.29 Å². The second-order valence-electron chi connectivity index (χ2n) is 4.42. The molecule has 0 radical (unpaired) electrons. The Balaban J connectivity index is 2.49. The molecular formula is C14H14O5S. The van der Waals surface area contributed by atoms with E-state index in [1.807, 2.05) is 0 Å². The molecule has 1 heterocycles. The van der Waals surface area contributed by atoms with E-state index in [4.69, 9.17) is 4.42 Å². The van der Waals surface area contributed by atoms with E-state index in [0.717, 1.165) is 6.26 Å². The second kappa shape index (κ2) is 6.21. The fourth-order valence-corrected chi connectivity index (χ4v) is 2.21. The molecule has 2 unspecified atom stereocenters. The maximum absolute atomic E-state index is 12.0. The smallest absolute Gasteiger partial charge is 0.203 e. The summed E-state index contributed by atoms with van der Waals surface area (Å²) >= 11 is 3.99. The summed E-state index contributed by atoms with van der Waals surface area (Å²) in [6, 6.07) is 4.52. The van der Waals surface area contributed by atoms with Crippen LogP contribution >= 0.6 is 12.6 Å². The first-order valence-corrected chi connectivity index (χ1v) is 6.69. The molecule has 0 saturated carbocycles. The summed E-state index contributed by atoms with van der Waals surface area (Å²) in [5.74, 6) is 0.434. The second-order valence-corrected chi connectivity index (χ2v) is 4.87.